The van der Waals surface area contributed by atoms with Gasteiger partial charge in [-0.05, 0) is 102 Å². The molecule has 6 aromatic rings. The number of fused-ring (bicyclic) bond motifs is 2. The Hall–Kier alpha value is -4.48. The first-order chi connectivity index (χ1) is 30.4. The Kier molecular flexibility index (Phi) is 11.1. The maximum atomic E-state index is 7.44. The van der Waals surface area contributed by atoms with Crippen LogP contribution >= 0.6 is 81.2 Å². The molecular weight excluding hydrogens is 945 g/mol. The number of halogens is 7. The van der Waals surface area contributed by atoms with Crippen molar-refractivity contribution in [3.8, 4) is 0 Å². The lowest BCUT2D eigenvalue weighted by atomic mass is 9.60. The van der Waals surface area contributed by atoms with Gasteiger partial charge in [-0.3, -0.25) is 4.90 Å². The predicted octanol–water partition coefficient (Wildman–Crippen LogP) is 13.7. The number of nitrogens with zero attached hydrogens (tertiary/aromatic N) is 4. The van der Waals surface area contributed by atoms with Crippen LogP contribution in [0.15, 0.2) is 155 Å². The number of ether oxygens (including phenoxy) is 1. The van der Waals surface area contributed by atoms with Crippen molar-refractivity contribution in [3.63, 3.8) is 0 Å². The molecule has 1 saturated heterocycles. The second kappa shape index (κ2) is 16.5. The lowest BCUT2D eigenvalue weighted by Crippen LogP contribution is -2.81. The molecule has 318 valence electrons. The number of hydrogen-bond acceptors (Lipinski definition) is 8. The molecule has 0 radical (unpaired) electrons. The van der Waals surface area contributed by atoms with Gasteiger partial charge in [0.1, 0.15) is 0 Å². The molecule has 6 atom stereocenters. The largest absolute Gasteiger partial charge is 0.423 e. The summed E-state index contributed by atoms with van der Waals surface area (Å²) in [5.74, 6) is -3.60. The van der Waals surface area contributed by atoms with Crippen LogP contribution in [0, 0.1) is 0 Å². The van der Waals surface area contributed by atoms with Crippen molar-refractivity contribution in [2.45, 2.75) is 41.8 Å². The number of piperidine rings is 1. The number of oxime groups is 3. The molecule has 10 rings (SSSR count). The first-order valence-electron chi connectivity index (χ1n) is 19.9. The zero-order valence-electron chi connectivity index (χ0n) is 33.0. The van der Waals surface area contributed by atoms with Gasteiger partial charge in [0.2, 0.25) is 11.2 Å². The number of rotatable bonds is 7. The second-order valence-corrected chi connectivity index (χ2v) is 18.8. The summed E-state index contributed by atoms with van der Waals surface area (Å²) in [6.07, 6.45) is 0. The van der Waals surface area contributed by atoms with Crippen LogP contribution in [0.2, 0.25) is 35.2 Å². The van der Waals surface area contributed by atoms with Crippen LogP contribution < -0.4 is 0 Å². The van der Waals surface area contributed by atoms with Crippen molar-refractivity contribution in [2.75, 3.05) is 13.1 Å². The molecule has 3 spiro atoms. The average molecular weight is 978 g/mol. The fourth-order valence-electron chi connectivity index (χ4n) is 9.35. The molecular formula is C48H33Cl7N4O4. The molecule has 4 heterocycles. The summed E-state index contributed by atoms with van der Waals surface area (Å²) in [4.78, 5) is 23.6. The van der Waals surface area contributed by atoms with Crippen molar-refractivity contribution < 1.29 is 19.2 Å². The molecule has 4 aliphatic rings. The topological polar surface area (TPSA) is 77.2 Å². The summed E-state index contributed by atoms with van der Waals surface area (Å²) < 4.78 is 7.44. The summed E-state index contributed by atoms with van der Waals surface area (Å²) in [6.45, 7) is 2.40. The van der Waals surface area contributed by atoms with E-state index in [0.29, 0.717) is 74.4 Å². The molecule has 0 amide bonds. The molecule has 0 bridgehead atoms. The number of likely N-dealkylation sites (tertiary alicyclic amines) is 1. The van der Waals surface area contributed by atoms with E-state index in [1.54, 1.807) is 72.8 Å². The van der Waals surface area contributed by atoms with E-state index in [1.807, 2.05) is 54.6 Å². The molecule has 0 aromatic heterocycles. The molecule has 6 aromatic carbocycles. The lowest BCUT2D eigenvalue weighted by molar-refractivity contribution is -0.383. The van der Waals surface area contributed by atoms with Gasteiger partial charge in [0, 0.05) is 57.9 Å². The van der Waals surface area contributed by atoms with Gasteiger partial charge in [0.05, 0.1) is 36.3 Å². The molecule has 4 aliphatic heterocycles. The Balaban J connectivity index is 1.29. The number of hydrogen-bond donors (Lipinski definition) is 0. The molecule has 1 fully saturated rings. The Morgan fingerprint density at radius 2 is 0.937 bits per heavy atom. The monoisotopic (exact) mass is 974 g/mol. The van der Waals surface area contributed by atoms with Gasteiger partial charge in [-0.25, -0.2) is 0 Å². The van der Waals surface area contributed by atoms with Crippen molar-refractivity contribution in [3.05, 3.63) is 208 Å². The van der Waals surface area contributed by atoms with Crippen molar-refractivity contribution in [2.24, 2.45) is 15.5 Å². The van der Waals surface area contributed by atoms with E-state index in [1.165, 1.54) is 0 Å². The van der Waals surface area contributed by atoms with Crippen LogP contribution in [0.1, 0.15) is 58.2 Å². The third kappa shape index (κ3) is 7.06. The zero-order valence-corrected chi connectivity index (χ0v) is 38.3. The van der Waals surface area contributed by atoms with Crippen LogP contribution in [0.4, 0.5) is 0 Å². The fraction of sp³-hybridized carbons (Fsp3) is 0.188. The van der Waals surface area contributed by atoms with Gasteiger partial charge in [-0.2, -0.15) is 0 Å². The maximum Gasteiger partial charge on any atom is 0.366 e. The minimum atomic E-state index is -2.04. The van der Waals surface area contributed by atoms with Crippen molar-refractivity contribution in [1.82, 2.24) is 4.90 Å². The van der Waals surface area contributed by atoms with E-state index < -0.39 is 28.8 Å². The second-order valence-electron chi connectivity index (χ2n) is 15.8. The highest BCUT2D eigenvalue weighted by Crippen LogP contribution is 2.64. The SMILES string of the molecule is C[C@H](c1ccccc1)N1C[C@@]2(ON=C(c3ccc(Cl)cc3)[C@@H]2c2ccc(Cl)cc2Cl)C2(ON=C(c3ccc(Cl)cc3)O2)[C@]2(C1)ON=C(c1ccc(Cl)cc1)[C@H]2c1ccc(Cl)cc1Cl. The maximum absolute atomic E-state index is 7.44. The van der Waals surface area contributed by atoms with Crippen molar-refractivity contribution in [1.29, 1.82) is 0 Å². The van der Waals surface area contributed by atoms with E-state index >= 15 is 0 Å². The summed E-state index contributed by atoms with van der Waals surface area (Å²) in [6, 6.07) is 42.4. The minimum Gasteiger partial charge on any atom is -0.423 e. The highest BCUT2D eigenvalue weighted by molar-refractivity contribution is 6.36. The summed E-state index contributed by atoms with van der Waals surface area (Å²) in [5.41, 5.74) is 1.93. The Bertz CT molecular complexity index is 2690. The fourth-order valence-corrected chi connectivity index (χ4v) is 10.8. The highest BCUT2D eigenvalue weighted by Gasteiger charge is 2.86. The minimum absolute atomic E-state index is 0.138. The van der Waals surface area contributed by atoms with E-state index in [2.05, 4.69) is 24.0 Å². The van der Waals surface area contributed by atoms with Gasteiger partial charge in [0.15, 0.2) is 0 Å². The molecule has 8 nitrogen and oxygen atoms in total. The normalized spacial score (nSPS) is 25.6. The smallest absolute Gasteiger partial charge is 0.366 e. The molecule has 0 saturated carbocycles. The van der Waals surface area contributed by atoms with Crippen LogP contribution in [-0.4, -0.2) is 52.3 Å². The van der Waals surface area contributed by atoms with Crippen LogP contribution in [0.25, 0.3) is 0 Å². The summed E-state index contributed by atoms with van der Waals surface area (Å²) in [5, 5.41) is 17.9. The van der Waals surface area contributed by atoms with Crippen LogP contribution in [-0.2, 0) is 19.2 Å². The van der Waals surface area contributed by atoms with E-state index in [4.69, 9.17) is 116 Å². The Labute approximate surface area is 398 Å². The third-order valence-corrected chi connectivity index (χ3v) is 14.2. The summed E-state index contributed by atoms with van der Waals surface area (Å²) >= 11 is 47.2. The van der Waals surface area contributed by atoms with E-state index in [0.717, 1.165) is 5.56 Å². The first kappa shape index (κ1) is 42.5. The lowest BCUT2D eigenvalue weighted by Gasteiger charge is -2.58. The highest BCUT2D eigenvalue weighted by atomic mass is 35.5. The van der Waals surface area contributed by atoms with Gasteiger partial charge in [0.25, 0.3) is 5.90 Å². The average Bonchev–Trinajstić information content (AvgIpc) is 4.00. The molecule has 1 unspecified atom stereocenters. The van der Waals surface area contributed by atoms with Gasteiger partial charge in [-0.1, -0.05) is 158 Å². The van der Waals surface area contributed by atoms with Gasteiger partial charge in [-0.15, -0.1) is 0 Å². The van der Waals surface area contributed by atoms with Gasteiger partial charge < -0.3 is 19.2 Å². The van der Waals surface area contributed by atoms with Crippen LogP contribution in [0.5, 0.6) is 0 Å². The quantitative estimate of drug-likeness (QED) is 0.159. The third-order valence-electron chi connectivity index (χ3n) is 12.3. The molecule has 63 heavy (non-hydrogen) atoms. The first-order valence-corrected chi connectivity index (χ1v) is 22.5. The van der Waals surface area contributed by atoms with E-state index in [-0.39, 0.29) is 25.0 Å². The van der Waals surface area contributed by atoms with Crippen molar-refractivity contribution >= 4 is 98.5 Å². The Morgan fingerprint density at radius 3 is 1.38 bits per heavy atom. The van der Waals surface area contributed by atoms with E-state index in [9.17, 15) is 0 Å². The predicted molar refractivity (Wildman–Crippen MR) is 251 cm³/mol. The standard InChI is InChI=1S/C48H33Cl7N4O4/c1-27(28-5-3-2-4-6-28)59-25-46(41(37-21-19-35(52)23-39(37)54)43(56-61-46)29-7-13-32(49)14-8-29)48(60-45(58-63-48)31-11-17-34(51)18-12-31)47(26-59)42(38-22-20-36(53)24-40(38)55)44(57-62-47)30-9-15-33(50)16-10-30/h2-24,27,41-42H,25-26H2,1H3/t27-,41-,42+,46-,47+,48?/m1/s1. The summed E-state index contributed by atoms with van der Waals surface area (Å²) in [7, 11) is 0. The number of benzene rings is 6. The molecule has 15 heteroatoms. The molecule has 0 aliphatic carbocycles. The Morgan fingerprint density at radius 1 is 0.508 bits per heavy atom. The van der Waals surface area contributed by atoms with Crippen LogP contribution in [0.3, 0.4) is 0 Å². The van der Waals surface area contributed by atoms with Gasteiger partial charge >= 0.3 is 5.79 Å². The molecule has 0 N–H and O–H groups in total. The zero-order chi connectivity index (χ0) is 43.7.